The molecule has 0 fully saturated rings. The van der Waals surface area contributed by atoms with Gasteiger partial charge in [-0.05, 0) is 16.7 Å². The van der Waals surface area contributed by atoms with Crippen LogP contribution in [0, 0.1) is 87.3 Å². The highest BCUT2D eigenvalue weighted by Crippen LogP contribution is 2.46. The monoisotopic (exact) mass is 678 g/mol. The third-order valence-electron chi connectivity index (χ3n) is 6.91. The van der Waals surface area contributed by atoms with Gasteiger partial charge in [-0.3, -0.25) is 0 Å². The van der Waals surface area contributed by atoms with Gasteiger partial charge in [-0.25, -0.2) is 65.9 Å². The molecule has 0 nitrogen and oxygen atoms in total. The van der Waals surface area contributed by atoms with Crippen molar-refractivity contribution < 1.29 is 65.9 Å². The van der Waals surface area contributed by atoms with E-state index in [1.165, 1.54) is 6.07 Å². The summed E-state index contributed by atoms with van der Waals surface area (Å²) in [5.74, 6) is -40.1. The fourth-order valence-electron chi connectivity index (χ4n) is 4.82. The fraction of sp³-hybridized carbons (Fsp3) is 0. The Bertz CT molecular complexity index is 2050. The minimum atomic E-state index is -2.78. The molecule has 47 heavy (non-hydrogen) atoms. The Kier molecular flexibility index (Phi) is 8.60. The van der Waals surface area contributed by atoms with Crippen LogP contribution in [0.5, 0.6) is 0 Å². The first-order valence-electron chi connectivity index (χ1n) is 12.6. The molecule has 0 N–H and O–H groups in total. The first-order valence-corrected chi connectivity index (χ1v) is 12.6. The number of hydrogen-bond donors (Lipinski definition) is 0. The molecule has 0 spiro atoms. The second-order valence-electron chi connectivity index (χ2n) is 9.50. The number of halogens is 15. The molecular weight excluding hydrogens is 669 g/mol. The zero-order valence-electron chi connectivity index (χ0n) is 22.4. The molecular formula is C32H9F15. The summed E-state index contributed by atoms with van der Waals surface area (Å²) in [6.45, 7) is 0. The van der Waals surface area contributed by atoms with Crippen LogP contribution in [0.4, 0.5) is 65.9 Å². The standard InChI is InChI=1S/C32H9F15/c33-18-15(19(34)25(40)30(45)24(18)39)12-9-5-4-8-11(12)14(17-22(37)28(43)32(47)29(44)23(17)38)13(10-6-2-1-3-7-10)16-20(35)26(41)31(46)27(42)21(16)36/h1-9H. The first-order chi connectivity index (χ1) is 22.1. The van der Waals surface area contributed by atoms with Gasteiger partial charge < -0.3 is 0 Å². The van der Waals surface area contributed by atoms with Crippen LogP contribution in [0.1, 0.15) is 22.3 Å². The van der Waals surface area contributed by atoms with Gasteiger partial charge >= 0.3 is 0 Å². The molecule has 0 atom stereocenters. The molecule has 0 heterocycles. The molecule has 0 aliphatic rings. The summed E-state index contributed by atoms with van der Waals surface area (Å²) in [5.41, 5.74) is -12.5. The van der Waals surface area contributed by atoms with Gasteiger partial charge in [0.25, 0.3) is 0 Å². The molecule has 0 saturated heterocycles. The largest absolute Gasteiger partial charge is 0.203 e. The van der Waals surface area contributed by atoms with Gasteiger partial charge in [0, 0.05) is 11.1 Å². The van der Waals surface area contributed by atoms with Crippen molar-refractivity contribution in [3.05, 3.63) is 164 Å². The van der Waals surface area contributed by atoms with Crippen molar-refractivity contribution in [1.82, 2.24) is 0 Å². The third-order valence-corrected chi connectivity index (χ3v) is 6.91. The van der Waals surface area contributed by atoms with E-state index < -0.39 is 132 Å². The topological polar surface area (TPSA) is 0 Å². The predicted molar refractivity (Wildman–Crippen MR) is 136 cm³/mol. The summed E-state index contributed by atoms with van der Waals surface area (Å²) in [5, 5.41) is 0. The van der Waals surface area contributed by atoms with E-state index in [2.05, 4.69) is 0 Å². The van der Waals surface area contributed by atoms with Crippen LogP contribution >= 0.6 is 0 Å². The van der Waals surface area contributed by atoms with Crippen molar-refractivity contribution in [3.63, 3.8) is 0 Å². The lowest BCUT2D eigenvalue weighted by Gasteiger charge is -2.23. The molecule has 0 amide bonds. The fourth-order valence-corrected chi connectivity index (χ4v) is 4.82. The zero-order valence-corrected chi connectivity index (χ0v) is 22.4. The van der Waals surface area contributed by atoms with Crippen molar-refractivity contribution in [2.45, 2.75) is 0 Å². The maximum atomic E-state index is 15.6. The first kappa shape index (κ1) is 33.2. The van der Waals surface area contributed by atoms with Crippen molar-refractivity contribution in [3.8, 4) is 11.1 Å². The van der Waals surface area contributed by atoms with E-state index in [1.807, 2.05) is 0 Å². The highest BCUT2D eigenvalue weighted by Gasteiger charge is 2.37. The lowest BCUT2D eigenvalue weighted by Crippen LogP contribution is -2.13. The molecule has 242 valence electrons. The lowest BCUT2D eigenvalue weighted by molar-refractivity contribution is 0.375. The van der Waals surface area contributed by atoms with E-state index in [-0.39, 0.29) is 0 Å². The molecule has 0 aliphatic heterocycles. The van der Waals surface area contributed by atoms with Gasteiger partial charge in [0.05, 0.1) is 16.7 Å². The maximum absolute atomic E-state index is 15.6. The summed E-state index contributed by atoms with van der Waals surface area (Å²) in [7, 11) is 0. The molecule has 5 aromatic rings. The van der Waals surface area contributed by atoms with E-state index in [4.69, 9.17) is 0 Å². The molecule has 0 radical (unpaired) electrons. The molecule has 0 bridgehead atoms. The maximum Gasteiger partial charge on any atom is 0.200 e. The van der Waals surface area contributed by atoms with Crippen LogP contribution in [-0.2, 0) is 0 Å². The molecule has 0 aromatic heterocycles. The third kappa shape index (κ3) is 5.09. The van der Waals surface area contributed by atoms with Crippen LogP contribution in [0.3, 0.4) is 0 Å². The van der Waals surface area contributed by atoms with E-state index in [1.54, 1.807) is 0 Å². The van der Waals surface area contributed by atoms with Gasteiger partial charge in [0.15, 0.2) is 69.8 Å². The molecule has 0 saturated carbocycles. The van der Waals surface area contributed by atoms with Crippen LogP contribution in [0.25, 0.3) is 22.3 Å². The lowest BCUT2D eigenvalue weighted by atomic mass is 9.81. The SMILES string of the molecule is Fc1c(F)c(F)c(C(=C(c2ccccc2-c2c(F)c(F)c(F)c(F)c2F)c2c(F)c(F)c(F)c(F)c2F)c2ccccc2)c(F)c1F. The van der Waals surface area contributed by atoms with E-state index in [0.29, 0.717) is 12.1 Å². The van der Waals surface area contributed by atoms with Crippen LogP contribution in [0.2, 0.25) is 0 Å². The van der Waals surface area contributed by atoms with Crippen molar-refractivity contribution in [1.29, 1.82) is 0 Å². The number of hydrogen-bond acceptors (Lipinski definition) is 0. The highest BCUT2D eigenvalue weighted by molar-refractivity contribution is 6.07. The Hall–Kier alpha value is -5.21. The smallest absolute Gasteiger partial charge is 0.200 e. The minimum absolute atomic E-state index is 0.529. The van der Waals surface area contributed by atoms with E-state index >= 15 is 26.3 Å². The van der Waals surface area contributed by atoms with Crippen molar-refractivity contribution in [2.75, 3.05) is 0 Å². The summed E-state index contributed by atoms with van der Waals surface area (Å²) in [4.78, 5) is 0. The molecule has 0 aliphatic carbocycles. The predicted octanol–water partition coefficient (Wildman–Crippen LogP) is 10.4. The van der Waals surface area contributed by atoms with Crippen LogP contribution < -0.4 is 0 Å². The summed E-state index contributed by atoms with van der Waals surface area (Å²) in [6.07, 6.45) is 0. The van der Waals surface area contributed by atoms with Crippen LogP contribution in [0.15, 0.2) is 54.6 Å². The average Bonchev–Trinajstić information content (AvgIpc) is 3.08. The second-order valence-corrected chi connectivity index (χ2v) is 9.50. The number of benzene rings is 5. The average molecular weight is 678 g/mol. The molecule has 5 aromatic carbocycles. The Morgan fingerprint density at radius 2 is 0.617 bits per heavy atom. The van der Waals surface area contributed by atoms with Gasteiger partial charge in [0.2, 0.25) is 17.5 Å². The van der Waals surface area contributed by atoms with Gasteiger partial charge in [-0.15, -0.1) is 0 Å². The van der Waals surface area contributed by atoms with Gasteiger partial charge in [-0.2, -0.15) is 0 Å². The quantitative estimate of drug-likeness (QED) is 0.0752. The highest BCUT2D eigenvalue weighted by atomic mass is 19.2. The summed E-state index contributed by atoms with van der Waals surface area (Å²) < 4.78 is 221. The van der Waals surface area contributed by atoms with Crippen molar-refractivity contribution >= 4 is 11.1 Å². The molecule has 15 heteroatoms. The zero-order chi connectivity index (χ0) is 34.6. The Morgan fingerprint density at radius 1 is 0.298 bits per heavy atom. The Morgan fingerprint density at radius 3 is 1.04 bits per heavy atom. The molecule has 0 unspecified atom stereocenters. The Balaban J connectivity index is 2.16. The van der Waals surface area contributed by atoms with Gasteiger partial charge in [-0.1, -0.05) is 54.6 Å². The van der Waals surface area contributed by atoms with Crippen molar-refractivity contribution in [2.24, 2.45) is 0 Å². The molecule has 5 rings (SSSR count). The minimum Gasteiger partial charge on any atom is -0.203 e. The van der Waals surface area contributed by atoms with E-state index in [9.17, 15) is 39.5 Å². The summed E-state index contributed by atoms with van der Waals surface area (Å²) in [6, 6.07) is 7.66. The van der Waals surface area contributed by atoms with Crippen LogP contribution in [-0.4, -0.2) is 0 Å². The van der Waals surface area contributed by atoms with E-state index in [0.717, 1.165) is 36.4 Å². The Labute approximate surface area is 252 Å². The van der Waals surface area contributed by atoms with Gasteiger partial charge in [0.1, 0.15) is 0 Å². The number of rotatable bonds is 5. The normalized spacial score (nSPS) is 12.1. The summed E-state index contributed by atoms with van der Waals surface area (Å²) >= 11 is 0. The second kappa shape index (κ2) is 12.2.